The SMILES string of the molecule is CC(C)C(C)(CN)NC(=O)c1cccc(NC(=O)CCCc2cccs2)c1.Cl. The minimum Gasteiger partial charge on any atom is -0.345 e. The number of hydrogen-bond acceptors (Lipinski definition) is 4. The van der Waals surface area contributed by atoms with E-state index in [4.69, 9.17) is 5.73 Å². The van der Waals surface area contributed by atoms with E-state index in [1.54, 1.807) is 35.6 Å². The molecule has 1 atom stereocenters. The number of carbonyl (C=O) groups excluding carboxylic acids is 2. The van der Waals surface area contributed by atoms with Crippen molar-refractivity contribution in [2.24, 2.45) is 11.7 Å². The molecule has 0 aliphatic rings. The van der Waals surface area contributed by atoms with Gasteiger partial charge in [0.2, 0.25) is 5.91 Å². The van der Waals surface area contributed by atoms with Crippen LogP contribution in [0.25, 0.3) is 0 Å². The molecule has 0 aliphatic heterocycles. The van der Waals surface area contributed by atoms with Crippen LogP contribution in [0.2, 0.25) is 0 Å². The van der Waals surface area contributed by atoms with Crippen molar-refractivity contribution in [3.05, 3.63) is 52.2 Å². The molecular weight excluding hydrogens is 394 g/mol. The summed E-state index contributed by atoms with van der Waals surface area (Å²) in [6.07, 6.45) is 2.16. The number of hydrogen-bond donors (Lipinski definition) is 3. The van der Waals surface area contributed by atoms with Crippen LogP contribution in [0.1, 0.15) is 48.8 Å². The fourth-order valence-corrected chi connectivity index (χ4v) is 3.35. The van der Waals surface area contributed by atoms with Gasteiger partial charge in [-0.2, -0.15) is 0 Å². The standard InChI is InChI=1S/C21H29N3O2S.ClH/c1-15(2)21(3,14-22)24-20(26)16-7-4-8-17(13-16)23-19(25)11-5-9-18-10-6-12-27-18;/h4,6-8,10,12-13,15H,5,9,11,14,22H2,1-3H3,(H,23,25)(H,24,26);1H. The summed E-state index contributed by atoms with van der Waals surface area (Å²) in [6.45, 7) is 6.35. The summed E-state index contributed by atoms with van der Waals surface area (Å²) in [4.78, 5) is 26.0. The normalized spacial score (nSPS) is 12.8. The fraction of sp³-hybridized carbons (Fsp3) is 0.429. The molecule has 0 bridgehead atoms. The summed E-state index contributed by atoms with van der Waals surface area (Å²) in [5, 5.41) is 7.93. The molecule has 7 heteroatoms. The molecule has 28 heavy (non-hydrogen) atoms. The Kier molecular flexibility index (Phi) is 9.65. The molecule has 0 spiro atoms. The van der Waals surface area contributed by atoms with Gasteiger partial charge in [-0.25, -0.2) is 0 Å². The highest BCUT2D eigenvalue weighted by molar-refractivity contribution is 7.09. The summed E-state index contributed by atoms with van der Waals surface area (Å²) < 4.78 is 0. The number of amides is 2. The van der Waals surface area contributed by atoms with E-state index in [1.165, 1.54) is 4.88 Å². The van der Waals surface area contributed by atoms with Crippen LogP contribution in [0.5, 0.6) is 0 Å². The Labute approximate surface area is 177 Å². The molecule has 1 aromatic heterocycles. The lowest BCUT2D eigenvalue weighted by atomic mass is 9.88. The van der Waals surface area contributed by atoms with Gasteiger partial charge >= 0.3 is 0 Å². The average molecular weight is 424 g/mol. The van der Waals surface area contributed by atoms with Gasteiger partial charge in [-0.05, 0) is 55.3 Å². The molecule has 4 N–H and O–H groups in total. The molecule has 5 nitrogen and oxygen atoms in total. The van der Waals surface area contributed by atoms with E-state index in [-0.39, 0.29) is 30.1 Å². The summed E-state index contributed by atoms with van der Waals surface area (Å²) in [7, 11) is 0. The van der Waals surface area contributed by atoms with E-state index >= 15 is 0 Å². The first-order valence-electron chi connectivity index (χ1n) is 9.29. The molecule has 2 rings (SSSR count). The van der Waals surface area contributed by atoms with Crippen molar-refractivity contribution in [3.8, 4) is 0 Å². The Morgan fingerprint density at radius 3 is 2.57 bits per heavy atom. The first kappa shape index (κ1) is 24.1. The van der Waals surface area contributed by atoms with E-state index in [0.29, 0.717) is 24.2 Å². The number of halogens is 1. The van der Waals surface area contributed by atoms with Crippen molar-refractivity contribution in [1.29, 1.82) is 0 Å². The molecule has 1 heterocycles. The minimum atomic E-state index is -0.474. The maximum Gasteiger partial charge on any atom is 0.251 e. The number of aryl methyl sites for hydroxylation is 1. The summed E-state index contributed by atoms with van der Waals surface area (Å²) in [5.74, 6) is -0.0267. The fourth-order valence-electron chi connectivity index (χ4n) is 2.60. The Balaban J connectivity index is 0.00000392. The summed E-state index contributed by atoms with van der Waals surface area (Å²) in [6, 6.07) is 11.1. The summed E-state index contributed by atoms with van der Waals surface area (Å²) >= 11 is 1.71. The second-order valence-electron chi connectivity index (χ2n) is 7.29. The van der Waals surface area contributed by atoms with Crippen LogP contribution in [-0.2, 0) is 11.2 Å². The number of rotatable bonds is 9. The minimum absolute atomic E-state index is 0. The van der Waals surface area contributed by atoms with Crippen molar-refractivity contribution in [2.75, 3.05) is 11.9 Å². The van der Waals surface area contributed by atoms with Gasteiger partial charge < -0.3 is 16.4 Å². The van der Waals surface area contributed by atoms with Crippen LogP contribution in [0.3, 0.4) is 0 Å². The van der Waals surface area contributed by atoms with Crippen LogP contribution in [0.15, 0.2) is 41.8 Å². The van der Waals surface area contributed by atoms with Gasteiger partial charge in [0.25, 0.3) is 5.91 Å². The predicted octanol–water partition coefficient (Wildman–Crippen LogP) is 4.23. The lowest BCUT2D eigenvalue weighted by Gasteiger charge is -2.33. The highest BCUT2D eigenvalue weighted by Crippen LogP contribution is 2.18. The summed E-state index contributed by atoms with van der Waals surface area (Å²) in [5.41, 5.74) is 6.50. The van der Waals surface area contributed by atoms with Crippen LogP contribution in [-0.4, -0.2) is 23.9 Å². The Bertz CT molecular complexity index is 765. The van der Waals surface area contributed by atoms with E-state index in [9.17, 15) is 9.59 Å². The Morgan fingerprint density at radius 2 is 1.96 bits per heavy atom. The molecule has 2 aromatic rings. The van der Waals surface area contributed by atoms with E-state index < -0.39 is 5.54 Å². The van der Waals surface area contributed by atoms with Crippen LogP contribution in [0.4, 0.5) is 5.69 Å². The Hall–Kier alpha value is -1.89. The van der Waals surface area contributed by atoms with E-state index in [0.717, 1.165) is 12.8 Å². The van der Waals surface area contributed by atoms with Gasteiger partial charge in [0.15, 0.2) is 0 Å². The molecule has 0 fully saturated rings. The quantitative estimate of drug-likeness (QED) is 0.564. The Morgan fingerprint density at radius 1 is 1.21 bits per heavy atom. The van der Waals surface area contributed by atoms with Crippen LogP contribution >= 0.6 is 23.7 Å². The largest absolute Gasteiger partial charge is 0.345 e. The second kappa shape index (κ2) is 11.2. The second-order valence-corrected chi connectivity index (χ2v) is 8.32. The number of benzene rings is 1. The van der Waals surface area contributed by atoms with Crippen molar-refractivity contribution >= 4 is 41.2 Å². The molecule has 0 saturated carbocycles. The van der Waals surface area contributed by atoms with Gasteiger partial charge in [-0.1, -0.05) is 26.0 Å². The van der Waals surface area contributed by atoms with Gasteiger partial charge in [-0.15, -0.1) is 23.7 Å². The third kappa shape index (κ3) is 6.93. The molecule has 2 amide bonds. The van der Waals surface area contributed by atoms with Crippen molar-refractivity contribution in [2.45, 2.75) is 45.6 Å². The number of anilines is 1. The smallest absolute Gasteiger partial charge is 0.251 e. The zero-order valence-corrected chi connectivity index (χ0v) is 18.3. The molecule has 0 radical (unpaired) electrons. The zero-order chi connectivity index (χ0) is 19.9. The third-order valence-electron chi connectivity index (χ3n) is 4.91. The van der Waals surface area contributed by atoms with Crippen molar-refractivity contribution in [3.63, 3.8) is 0 Å². The first-order chi connectivity index (χ1) is 12.8. The molecule has 1 aromatic carbocycles. The van der Waals surface area contributed by atoms with Gasteiger partial charge in [0.1, 0.15) is 0 Å². The van der Waals surface area contributed by atoms with Crippen molar-refractivity contribution in [1.82, 2.24) is 5.32 Å². The van der Waals surface area contributed by atoms with Gasteiger partial charge in [-0.3, -0.25) is 9.59 Å². The highest BCUT2D eigenvalue weighted by atomic mass is 35.5. The lowest BCUT2D eigenvalue weighted by Crippen LogP contribution is -2.55. The average Bonchev–Trinajstić information content (AvgIpc) is 3.15. The van der Waals surface area contributed by atoms with Crippen LogP contribution < -0.4 is 16.4 Å². The van der Waals surface area contributed by atoms with E-state index in [1.807, 2.05) is 32.2 Å². The maximum absolute atomic E-state index is 12.6. The maximum atomic E-state index is 12.6. The number of carbonyl (C=O) groups is 2. The topological polar surface area (TPSA) is 84.2 Å². The van der Waals surface area contributed by atoms with Gasteiger partial charge in [0, 0.05) is 29.1 Å². The zero-order valence-electron chi connectivity index (χ0n) is 16.7. The number of nitrogens with one attached hydrogen (secondary N) is 2. The molecule has 1 unspecified atom stereocenters. The molecule has 154 valence electrons. The van der Waals surface area contributed by atoms with E-state index in [2.05, 4.69) is 16.7 Å². The molecule has 0 saturated heterocycles. The first-order valence-corrected chi connectivity index (χ1v) is 10.2. The van der Waals surface area contributed by atoms with Gasteiger partial charge in [0.05, 0.1) is 5.54 Å². The monoisotopic (exact) mass is 423 g/mol. The molecular formula is C21H30ClN3O2S. The third-order valence-corrected chi connectivity index (χ3v) is 5.85. The van der Waals surface area contributed by atoms with Crippen LogP contribution in [0, 0.1) is 5.92 Å². The molecule has 0 aliphatic carbocycles. The number of thiophene rings is 1. The highest BCUT2D eigenvalue weighted by Gasteiger charge is 2.28. The lowest BCUT2D eigenvalue weighted by molar-refractivity contribution is -0.116. The van der Waals surface area contributed by atoms with Crippen molar-refractivity contribution < 1.29 is 9.59 Å². The predicted molar refractivity (Wildman–Crippen MR) is 119 cm³/mol. The number of nitrogens with two attached hydrogens (primary N) is 1.